The highest BCUT2D eigenvalue weighted by molar-refractivity contribution is 5.85. The summed E-state index contributed by atoms with van der Waals surface area (Å²) in [5, 5.41) is 20.0. The third-order valence-electron chi connectivity index (χ3n) is 4.25. The topological polar surface area (TPSA) is 79.5 Å². The van der Waals surface area contributed by atoms with E-state index in [1.807, 2.05) is 18.2 Å². The number of aliphatic hydroxyl groups is 1. The van der Waals surface area contributed by atoms with Crippen LogP contribution in [0.25, 0.3) is 0 Å². The normalized spacial score (nSPS) is 10.7. The maximum Gasteiger partial charge on any atom is 0.347 e. The van der Waals surface area contributed by atoms with Crippen molar-refractivity contribution in [2.24, 2.45) is 0 Å². The molecular formula is C23H19NO4. The Bertz CT molecular complexity index is 908. The zero-order chi connectivity index (χ0) is 19.8. The molecule has 3 aromatic carbocycles. The third kappa shape index (κ3) is 4.20. The Morgan fingerprint density at radius 3 is 1.89 bits per heavy atom. The minimum Gasteiger partial charge on any atom is -0.490 e. The van der Waals surface area contributed by atoms with E-state index in [2.05, 4.69) is 0 Å². The molecule has 5 nitrogen and oxygen atoms in total. The third-order valence-corrected chi connectivity index (χ3v) is 4.25. The first-order valence-corrected chi connectivity index (χ1v) is 8.78. The van der Waals surface area contributed by atoms with Crippen LogP contribution in [0.3, 0.4) is 0 Å². The van der Waals surface area contributed by atoms with E-state index in [1.165, 1.54) is 0 Å². The minimum absolute atomic E-state index is 0.0270. The van der Waals surface area contributed by atoms with Crippen LogP contribution in [0.15, 0.2) is 84.9 Å². The molecule has 1 N–H and O–H groups in total. The van der Waals surface area contributed by atoms with Gasteiger partial charge in [-0.3, -0.25) is 0 Å². The molecule has 0 spiro atoms. The summed E-state index contributed by atoms with van der Waals surface area (Å²) in [7, 11) is 0. The fourth-order valence-corrected chi connectivity index (χ4v) is 2.79. The monoisotopic (exact) mass is 373 g/mol. The number of carbonyl (C=O) groups is 1. The second kappa shape index (κ2) is 8.85. The molecule has 0 aliphatic rings. The molecule has 140 valence electrons. The SMILES string of the molecule is N#Cc1ccc(OCCOC(=O)C(O)(c2ccccc2)c2ccccc2)cc1. The number of esters is 1. The van der Waals surface area contributed by atoms with Gasteiger partial charge in [0.25, 0.3) is 0 Å². The quantitative estimate of drug-likeness (QED) is 0.507. The van der Waals surface area contributed by atoms with Gasteiger partial charge in [0.05, 0.1) is 11.6 Å². The number of hydrogen-bond donors (Lipinski definition) is 1. The van der Waals surface area contributed by atoms with Crippen molar-refractivity contribution in [3.8, 4) is 11.8 Å². The number of ether oxygens (including phenoxy) is 2. The van der Waals surface area contributed by atoms with Crippen molar-refractivity contribution in [1.29, 1.82) is 5.26 Å². The van der Waals surface area contributed by atoms with Crippen molar-refractivity contribution >= 4 is 5.97 Å². The molecule has 0 bridgehead atoms. The summed E-state index contributed by atoms with van der Waals surface area (Å²) in [6, 6.07) is 26.0. The summed E-state index contributed by atoms with van der Waals surface area (Å²) >= 11 is 0. The molecule has 0 aliphatic carbocycles. The van der Waals surface area contributed by atoms with Crippen molar-refractivity contribution in [1.82, 2.24) is 0 Å². The molecule has 0 radical (unpaired) electrons. The lowest BCUT2D eigenvalue weighted by molar-refractivity contribution is -0.162. The van der Waals surface area contributed by atoms with E-state index in [1.54, 1.807) is 72.8 Å². The van der Waals surface area contributed by atoms with Crippen LogP contribution in [0, 0.1) is 11.3 Å². The predicted octanol–water partition coefficient (Wildman–Crippen LogP) is 3.42. The molecule has 0 fully saturated rings. The molecule has 0 heterocycles. The number of hydrogen-bond acceptors (Lipinski definition) is 5. The van der Waals surface area contributed by atoms with Crippen LogP contribution in [0.5, 0.6) is 5.75 Å². The van der Waals surface area contributed by atoms with E-state index in [4.69, 9.17) is 14.7 Å². The van der Waals surface area contributed by atoms with Crippen LogP contribution >= 0.6 is 0 Å². The van der Waals surface area contributed by atoms with Gasteiger partial charge >= 0.3 is 5.97 Å². The second-order valence-corrected chi connectivity index (χ2v) is 6.06. The van der Waals surface area contributed by atoms with Crippen molar-refractivity contribution in [2.45, 2.75) is 5.60 Å². The molecule has 3 rings (SSSR count). The summed E-state index contributed by atoms with van der Waals surface area (Å²) in [4.78, 5) is 12.8. The summed E-state index contributed by atoms with van der Waals surface area (Å²) in [6.07, 6.45) is 0. The Labute approximate surface area is 163 Å². The molecule has 0 saturated carbocycles. The van der Waals surface area contributed by atoms with Crippen LogP contribution in [-0.2, 0) is 15.1 Å². The fraction of sp³-hybridized carbons (Fsp3) is 0.130. The Kier molecular flexibility index (Phi) is 6.05. The van der Waals surface area contributed by atoms with E-state index in [-0.39, 0.29) is 13.2 Å². The van der Waals surface area contributed by atoms with E-state index in [0.29, 0.717) is 22.4 Å². The first-order valence-electron chi connectivity index (χ1n) is 8.78. The van der Waals surface area contributed by atoms with Gasteiger partial charge < -0.3 is 14.6 Å². The molecule has 5 heteroatoms. The fourth-order valence-electron chi connectivity index (χ4n) is 2.79. The number of rotatable bonds is 7. The molecule has 0 saturated heterocycles. The second-order valence-electron chi connectivity index (χ2n) is 6.06. The summed E-state index contributed by atoms with van der Waals surface area (Å²) in [6.45, 7) is 0.0953. The molecule has 0 aromatic heterocycles. The smallest absolute Gasteiger partial charge is 0.347 e. The largest absolute Gasteiger partial charge is 0.490 e. The standard InChI is InChI=1S/C23H19NO4/c24-17-18-11-13-21(14-12-18)27-15-16-28-22(25)23(26,19-7-3-1-4-8-19)20-9-5-2-6-10-20/h1-14,26H,15-16H2. The maximum atomic E-state index is 12.8. The maximum absolute atomic E-state index is 12.8. The Morgan fingerprint density at radius 1 is 0.857 bits per heavy atom. The molecule has 3 aromatic rings. The van der Waals surface area contributed by atoms with E-state index in [9.17, 15) is 9.90 Å². The summed E-state index contributed by atoms with van der Waals surface area (Å²) in [5.74, 6) is -0.204. The van der Waals surface area contributed by atoms with Gasteiger partial charge in [0.15, 0.2) is 0 Å². The van der Waals surface area contributed by atoms with Crippen LogP contribution in [-0.4, -0.2) is 24.3 Å². The first-order chi connectivity index (χ1) is 13.6. The Hall–Kier alpha value is -3.62. The highest BCUT2D eigenvalue weighted by Gasteiger charge is 2.41. The highest BCUT2D eigenvalue weighted by atomic mass is 16.6. The van der Waals surface area contributed by atoms with E-state index >= 15 is 0 Å². The number of benzene rings is 3. The average molecular weight is 373 g/mol. The van der Waals surface area contributed by atoms with Gasteiger partial charge in [-0.05, 0) is 35.4 Å². The summed E-state index contributed by atoms with van der Waals surface area (Å²) < 4.78 is 10.8. The predicted molar refractivity (Wildman–Crippen MR) is 103 cm³/mol. The number of nitrogens with zero attached hydrogens (tertiary/aromatic N) is 1. The van der Waals surface area contributed by atoms with Crippen LogP contribution < -0.4 is 4.74 Å². The van der Waals surface area contributed by atoms with Gasteiger partial charge in [-0.2, -0.15) is 5.26 Å². The van der Waals surface area contributed by atoms with Gasteiger partial charge in [0.1, 0.15) is 19.0 Å². The van der Waals surface area contributed by atoms with E-state index in [0.717, 1.165) is 0 Å². The average Bonchev–Trinajstić information content (AvgIpc) is 2.77. The number of carbonyl (C=O) groups excluding carboxylic acids is 1. The van der Waals surface area contributed by atoms with Gasteiger partial charge in [-0.15, -0.1) is 0 Å². The van der Waals surface area contributed by atoms with E-state index < -0.39 is 11.6 Å². The van der Waals surface area contributed by atoms with Crippen LogP contribution in [0.1, 0.15) is 16.7 Å². The van der Waals surface area contributed by atoms with Crippen molar-refractivity contribution < 1.29 is 19.4 Å². The molecular weight excluding hydrogens is 354 g/mol. The van der Waals surface area contributed by atoms with Crippen molar-refractivity contribution in [3.63, 3.8) is 0 Å². The lowest BCUT2D eigenvalue weighted by Gasteiger charge is -2.27. The van der Waals surface area contributed by atoms with Gasteiger partial charge in [-0.1, -0.05) is 60.7 Å². The van der Waals surface area contributed by atoms with Gasteiger partial charge in [-0.25, -0.2) is 4.79 Å². The zero-order valence-electron chi connectivity index (χ0n) is 15.1. The lowest BCUT2D eigenvalue weighted by atomic mass is 9.86. The van der Waals surface area contributed by atoms with Crippen molar-refractivity contribution in [3.05, 3.63) is 102 Å². The molecule has 28 heavy (non-hydrogen) atoms. The van der Waals surface area contributed by atoms with Gasteiger partial charge in [0, 0.05) is 0 Å². The van der Waals surface area contributed by atoms with Crippen LogP contribution in [0.4, 0.5) is 0 Å². The van der Waals surface area contributed by atoms with Gasteiger partial charge in [0.2, 0.25) is 5.60 Å². The van der Waals surface area contributed by atoms with Crippen molar-refractivity contribution in [2.75, 3.05) is 13.2 Å². The highest BCUT2D eigenvalue weighted by Crippen LogP contribution is 2.31. The van der Waals surface area contributed by atoms with Crippen LogP contribution in [0.2, 0.25) is 0 Å². The molecule has 0 unspecified atom stereocenters. The lowest BCUT2D eigenvalue weighted by Crippen LogP contribution is -2.39. The summed E-state index contributed by atoms with van der Waals surface area (Å²) in [5.41, 5.74) is -0.510. The molecule has 0 atom stereocenters. The first kappa shape index (κ1) is 19.2. The molecule has 0 amide bonds. The molecule has 0 aliphatic heterocycles. The Balaban J connectivity index is 1.68. The minimum atomic E-state index is -1.91. The Morgan fingerprint density at radius 2 is 1.39 bits per heavy atom. The zero-order valence-corrected chi connectivity index (χ0v) is 15.1. The number of nitriles is 1.